The van der Waals surface area contributed by atoms with Crippen molar-refractivity contribution in [3.05, 3.63) is 59.4 Å². The molecule has 0 bridgehead atoms. The van der Waals surface area contributed by atoms with Gasteiger partial charge in [0.15, 0.2) is 0 Å². The van der Waals surface area contributed by atoms with Gasteiger partial charge < -0.3 is 10.4 Å². The second-order valence-corrected chi connectivity index (χ2v) is 5.29. The monoisotopic (exact) mass is 333 g/mol. The van der Waals surface area contributed by atoms with Gasteiger partial charge in [0.2, 0.25) is 5.91 Å². The number of carbonyl (C=O) groups excluding carboxylic acids is 1. The molecule has 0 aliphatic heterocycles. The third-order valence-electron chi connectivity index (χ3n) is 3.07. The SMILES string of the molecule is O=C(C[C@@H](NCc1ccccn1)C(=O)O)Nc1ccc(Cl)cc1. The maximum Gasteiger partial charge on any atom is 0.321 e. The van der Waals surface area contributed by atoms with Crippen LogP contribution in [0.25, 0.3) is 0 Å². The maximum absolute atomic E-state index is 12.0. The largest absolute Gasteiger partial charge is 0.480 e. The van der Waals surface area contributed by atoms with Gasteiger partial charge in [-0.3, -0.25) is 19.9 Å². The Morgan fingerprint density at radius 2 is 1.91 bits per heavy atom. The van der Waals surface area contributed by atoms with E-state index in [0.717, 1.165) is 0 Å². The molecule has 0 saturated carbocycles. The fraction of sp³-hybridized carbons (Fsp3) is 0.188. The van der Waals surface area contributed by atoms with E-state index in [9.17, 15) is 14.7 Å². The number of carboxylic acids is 1. The normalized spacial score (nSPS) is 11.7. The van der Waals surface area contributed by atoms with E-state index >= 15 is 0 Å². The van der Waals surface area contributed by atoms with Crippen molar-refractivity contribution in [1.82, 2.24) is 10.3 Å². The van der Waals surface area contributed by atoms with Gasteiger partial charge in [0.05, 0.1) is 12.1 Å². The van der Waals surface area contributed by atoms with Gasteiger partial charge in [-0.1, -0.05) is 17.7 Å². The Bertz CT molecular complexity index is 662. The molecule has 1 amide bonds. The second-order valence-electron chi connectivity index (χ2n) is 4.85. The number of anilines is 1. The second kappa shape index (κ2) is 8.26. The minimum Gasteiger partial charge on any atom is -0.480 e. The number of hydrogen-bond donors (Lipinski definition) is 3. The number of aliphatic carboxylic acids is 1. The lowest BCUT2D eigenvalue weighted by atomic mass is 10.2. The fourth-order valence-corrected chi connectivity index (χ4v) is 2.03. The molecule has 120 valence electrons. The Balaban J connectivity index is 1.89. The molecule has 0 spiro atoms. The van der Waals surface area contributed by atoms with E-state index < -0.39 is 17.9 Å². The Labute approximate surface area is 138 Å². The van der Waals surface area contributed by atoms with Crippen LogP contribution in [-0.2, 0) is 16.1 Å². The van der Waals surface area contributed by atoms with Crippen LogP contribution in [0.3, 0.4) is 0 Å². The lowest BCUT2D eigenvalue weighted by Gasteiger charge is -2.14. The maximum atomic E-state index is 12.0. The Kier molecular flexibility index (Phi) is 6.08. The Hall–Kier alpha value is -2.44. The molecule has 0 aliphatic rings. The van der Waals surface area contributed by atoms with Gasteiger partial charge in [-0.2, -0.15) is 0 Å². The molecule has 7 heteroatoms. The van der Waals surface area contributed by atoms with Crippen LogP contribution in [0, 0.1) is 0 Å². The number of rotatable bonds is 7. The predicted octanol–water partition coefficient (Wildman–Crippen LogP) is 2.31. The van der Waals surface area contributed by atoms with Gasteiger partial charge >= 0.3 is 5.97 Å². The van der Waals surface area contributed by atoms with Crippen molar-refractivity contribution < 1.29 is 14.7 Å². The van der Waals surface area contributed by atoms with E-state index in [1.807, 2.05) is 6.07 Å². The Morgan fingerprint density at radius 1 is 1.17 bits per heavy atom. The smallest absolute Gasteiger partial charge is 0.321 e. The van der Waals surface area contributed by atoms with Crippen molar-refractivity contribution in [3.8, 4) is 0 Å². The minimum absolute atomic E-state index is 0.190. The molecule has 1 aromatic carbocycles. The van der Waals surface area contributed by atoms with Crippen molar-refractivity contribution in [2.45, 2.75) is 19.0 Å². The van der Waals surface area contributed by atoms with Crippen molar-refractivity contribution in [3.63, 3.8) is 0 Å². The molecule has 1 atom stereocenters. The molecule has 2 rings (SSSR count). The van der Waals surface area contributed by atoms with Crippen molar-refractivity contribution in [1.29, 1.82) is 0 Å². The van der Waals surface area contributed by atoms with Gasteiger partial charge in [-0.05, 0) is 36.4 Å². The summed E-state index contributed by atoms with van der Waals surface area (Å²) in [6, 6.07) is 11.0. The number of carboxylic acid groups (broad SMARTS) is 1. The Morgan fingerprint density at radius 3 is 2.52 bits per heavy atom. The first kappa shape index (κ1) is 16.9. The van der Waals surface area contributed by atoms with E-state index in [-0.39, 0.29) is 13.0 Å². The first-order valence-electron chi connectivity index (χ1n) is 6.96. The van der Waals surface area contributed by atoms with Gasteiger partial charge in [0, 0.05) is 23.5 Å². The van der Waals surface area contributed by atoms with E-state index in [0.29, 0.717) is 16.4 Å². The zero-order chi connectivity index (χ0) is 16.7. The topological polar surface area (TPSA) is 91.3 Å². The number of pyridine rings is 1. The fourth-order valence-electron chi connectivity index (χ4n) is 1.91. The van der Waals surface area contributed by atoms with Crippen LogP contribution in [0.15, 0.2) is 48.7 Å². The predicted molar refractivity (Wildman–Crippen MR) is 87.2 cm³/mol. The number of nitrogens with one attached hydrogen (secondary N) is 2. The van der Waals surface area contributed by atoms with Gasteiger partial charge in [-0.25, -0.2) is 0 Å². The van der Waals surface area contributed by atoms with Crippen LogP contribution >= 0.6 is 11.6 Å². The average molecular weight is 334 g/mol. The van der Waals surface area contributed by atoms with E-state index in [1.54, 1.807) is 42.6 Å². The zero-order valence-electron chi connectivity index (χ0n) is 12.2. The summed E-state index contributed by atoms with van der Waals surface area (Å²) in [4.78, 5) is 27.3. The number of hydrogen-bond acceptors (Lipinski definition) is 4. The first-order chi connectivity index (χ1) is 11.0. The molecule has 0 fully saturated rings. The molecule has 0 unspecified atom stereocenters. The molecular weight excluding hydrogens is 318 g/mol. The number of aromatic nitrogens is 1. The highest BCUT2D eigenvalue weighted by atomic mass is 35.5. The average Bonchev–Trinajstić information content (AvgIpc) is 2.54. The summed E-state index contributed by atoms with van der Waals surface area (Å²) in [6.45, 7) is 0.270. The minimum atomic E-state index is -1.09. The van der Waals surface area contributed by atoms with Crippen LogP contribution < -0.4 is 10.6 Å². The molecule has 0 saturated heterocycles. The summed E-state index contributed by atoms with van der Waals surface area (Å²) < 4.78 is 0. The van der Waals surface area contributed by atoms with Crippen molar-refractivity contribution in [2.24, 2.45) is 0 Å². The number of amides is 1. The van der Waals surface area contributed by atoms with Crippen LogP contribution in [-0.4, -0.2) is 28.0 Å². The summed E-state index contributed by atoms with van der Waals surface area (Å²) in [5.74, 6) is -1.49. The molecule has 6 nitrogen and oxygen atoms in total. The summed E-state index contributed by atoms with van der Waals surface area (Å²) in [7, 11) is 0. The first-order valence-corrected chi connectivity index (χ1v) is 7.34. The molecule has 23 heavy (non-hydrogen) atoms. The molecule has 3 N–H and O–H groups in total. The third-order valence-corrected chi connectivity index (χ3v) is 3.32. The highest BCUT2D eigenvalue weighted by Crippen LogP contribution is 2.13. The number of carbonyl (C=O) groups is 2. The third kappa shape index (κ3) is 5.69. The quantitative estimate of drug-likeness (QED) is 0.723. The summed E-state index contributed by atoms with van der Waals surface area (Å²) >= 11 is 5.77. The van der Waals surface area contributed by atoms with Crippen LogP contribution in [0.4, 0.5) is 5.69 Å². The molecule has 2 aromatic rings. The van der Waals surface area contributed by atoms with E-state index in [4.69, 9.17) is 11.6 Å². The van der Waals surface area contributed by atoms with Crippen molar-refractivity contribution >= 4 is 29.2 Å². The van der Waals surface area contributed by atoms with Crippen LogP contribution in [0.1, 0.15) is 12.1 Å². The lowest BCUT2D eigenvalue weighted by molar-refractivity contribution is -0.141. The molecule has 0 radical (unpaired) electrons. The summed E-state index contributed by atoms with van der Waals surface area (Å²) in [5.41, 5.74) is 1.27. The van der Waals surface area contributed by atoms with E-state index in [2.05, 4.69) is 15.6 Å². The van der Waals surface area contributed by atoms with Crippen LogP contribution in [0.5, 0.6) is 0 Å². The highest BCUT2D eigenvalue weighted by molar-refractivity contribution is 6.30. The summed E-state index contributed by atoms with van der Waals surface area (Å²) in [5, 5.41) is 15.2. The zero-order valence-corrected chi connectivity index (χ0v) is 13.0. The van der Waals surface area contributed by atoms with Gasteiger partial charge in [0.25, 0.3) is 0 Å². The molecule has 1 aromatic heterocycles. The molecular formula is C16H16ClN3O3. The van der Waals surface area contributed by atoms with Gasteiger partial charge in [-0.15, -0.1) is 0 Å². The summed E-state index contributed by atoms with van der Waals surface area (Å²) in [6.07, 6.45) is 1.44. The van der Waals surface area contributed by atoms with Crippen LogP contribution in [0.2, 0.25) is 5.02 Å². The van der Waals surface area contributed by atoms with Gasteiger partial charge in [0.1, 0.15) is 6.04 Å². The highest BCUT2D eigenvalue weighted by Gasteiger charge is 2.20. The van der Waals surface area contributed by atoms with Crippen molar-refractivity contribution in [2.75, 3.05) is 5.32 Å². The molecule has 1 heterocycles. The van der Waals surface area contributed by atoms with E-state index in [1.165, 1.54) is 0 Å². The standard InChI is InChI=1S/C16H16ClN3O3/c17-11-4-6-12(7-5-11)20-15(21)9-14(16(22)23)19-10-13-3-1-2-8-18-13/h1-8,14,19H,9-10H2,(H,20,21)(H,22,23)/t14-/m1/s1. The number of halogens is 1. The number of benzene rings is 1. The molecule has 0 aliphatic carbocycles. The lowest BCUT2D eigenvalue weighted by Crippen LogP contribution is -2.39. The number of nitrogens with zero attached hydrogens (tertiary/aromatic N) is 1.